The highest BCUT2D eigenvalue weighted by Gasteiger charge is 2.07. The predicted octanol–water partition coefficient (Wildman–Crippen LogP) is 0.661. The highest BCUT2D eigenvalue weighted by molar-refractivity contribution is 6.01. The number of fused-ring (bicyclic) bond motifs is 1. The molecule has 0 heterocycles. The third kappa shape index (κ3) is 2.89. The van der Waals surface area contributed by atoms with Crippen LogP contribution in [0.4, 0.5) is 0 Å². The van der Waals surface area contributed by atoms with Gasteiger partial charge in [0.25, 0.3) is 5.91 Å². The van der Waals surface area contributed by atoms with Gasteiger partial charge in [0.2, 0.25) is 5.91 Å². The summed E-state index contributed by atoms with van der Waals surface area (Å²) in [6.07, 6.45) is 0. The lowest BCUT2D eigenvalue weighted by atomic mass is 10.0. The lowest BCUT2D eigenvalue weighted by Crippen LogP contribution is -2.26. The number of hydrogen-bond acceptors (Lipinski definition) is 3. The maximum absolute atomic E-state index is 11.8. The van der Waals surface area contributed by atoms with Gasteiger partial charge in [-0.25, -0.2) is 0 Å². The first-order chi connectivity index (χ1) is 9.11. The molecule has 2 rings (SSSR count). The summed E-state index contributed by atoms with van der Waals surface area (Å²) < 4.78 is 0. The van der Waals surface area contributed by atoms with Gasteiger partial charge in [-0.3, -0.25) is 9.59 Å². The smallest absolute Gasteiger partial charge is 0.251 e. The molecule has 0 aliphatic heterocycles. The fourth-order valence-corrected chi connectivity index (χ4v) is 1.81. The summed E-state index contributed by atoms with van der Waals surface area (Å²) in [6, 6.07) is 10.3. The molecule has 2 aromatic rings. The van der Waals surface area contributed by atoms with Crippen LogP contribution in [0.3, 0.4) is 0 Å². The van der Waals surface area contributed by atoms with Crippen molar-refractivity contribution in [2.75, 3.05) is 13.2 Å². The monoisotopic (exact) mass is 258 g/mol. The van der Waals surface area contributed by atoms with Gasteiger partial charge < -0.3 is 16.2 Å². The molecule has 5 nitrogen and oxygen atoms in total. The summed E-state index contributed by atoms with van der Waals surface area (Å²) in [5.74, 6) is -0.766. The van der Waals surface area contributed by atoms with Crippen LogP contribution in [0.1, 0.15) is 20.7 Å². The lowest BCUT2D eigenvalue weighted by Gasteiger charge is -2.05. The van der Waals surface area contributed by atoms with Crippen LogP contribution < -0.4 is 11.1 Å². The molecule has 2 amide bonds. The van der Waals surface area contributed by atoms with E-state index in [0.717, 1.165) is 10.8 Å². The first kappa shape index (κ1) is 13.0. The van der Waals surface area contributed by atoms with Crippen molar-refractivity contribution in [2.45, 2.75) is 0 Å². The van der Waals surface area contributed by atoms with E-state index in [2.05, 4.69) is 5.32 Å². The molecule has 2 aromatic carbocycles. The summed E-state index contributed by atoms with van der Waals surface area (Å²) in [6.45, 7) is 0.101. The third-order valence-corrected chi connectivity index (χ3v) is 2.78. The normalized spacial score (nSPS) is 10.4. The molecule has 98 valence electrons. The molecule has 0 aliphatic carbocycles. The Hall–Kier alpha value is -2.40. The summed E-state index contributed by atoms with van der Waals surface area (Å²) in [4.78, 5) is 22.9. The number of primary amides is 1. The van der Waals surface area contributed by atoms with E-state index in [1.807, 2.05) is 0 Å². The zero-order valence-corrected chi connectivity index (χ0v) is 10.2. The van der Waals surface area contributed by atoms with Crippen molar-refractivity contribution in [1.82, 2.24) is 5.32 Å². The Morgan fingerprint density at radius 2 is 1.68 bits per heavy atom. The van der Waals surface area contributed by atoms with Gasteiger partial charge in [-0.05, 0) is 35.0 Å². The van der Waals surface area contributed by atoms with Crippen molar-refractivity contribution in [1.29, 1.82) is 0 Å². The molecule has 4 N–H and O–H groups in total. The molecular formula is C14H14N2O3. The largest absolute Gasteiger partial charge is 0.395 e. The zero-order chi connectivity index (χ0) is 13.8. The molecular weight excluding hydrogens is 244 g/mol. The molecule has 0 fully saturated rings. The molecule has 0 atom stereocenters. The van der Waals surface area contributed by atoms with E-state index in [1.54, 1.807) is 36.4 Å². The Morgan fingerprint density at radius 1 is 1.05 bits per heavy atom. The Labute approximate surface area is 110 Å². The third-order valence-electron chi connectivity index (χ3n) is 2.78. The first-order valence-corrected chi connectivity index (χ1v) is 5.84. The van der Waals surface area contributed by atoms with Gasteiger partial charge in [-0.1, -0.05) is 12.1 Å². The Kier molecular flexibility index (Phi) is 3.77. The number of nitrogens with one attached hydrogen (secondary N) is 1. The first-order valence-electron chi connectivity index (χ1n) is 5.84. The predicted molar refractivity (Wildman–Crippen MR) is 71.9 cm³/mol. The van der Waals surface area contributed by atoms with Crippen LogP contribution >= 0.6 is 0 Å². The maximum atomic E-state index is 11.8. The van der Waals surface area contributed by atoms with Crippen LogP contribution in [-0.2, 0) is 0 Å². The van der Waals surface area contributed by atoms with E-state index in [4.69, 9.17) is 10.8 Å². The molecule has 0 spiro atoms. The second kappa shape index (κ2) is 5.49. The SMILES string of the molecule is NC(=O)c1ccc2ccc(C(=O)NCCO)cc2c1. The lowest BCUT2D eigenvalue weighted by molar-refractivity contribution is 0.0944. The molecule has 0 aliphatic rings. The average molecular weight is 258 g/mol. The van der Waals surface area contributed by atoms with Crippen molar-refractivity contribution in [3.8, 4) is 0 Å². The van der Waals surface area contributed by atoms with Crippen LogP contribution in [0.5, 0.6) is 0 Å². The number of amides is 2. The number of aliphatic hydroxyl groups is 1. The number of nitrogens with two attached hydrogens (primary N) is 1. The fourth-order valence-electron chi connectivity index (χ4n) is 1.81. The van der Waals surface area contributed by atoms with Gasteiger partial charge in [0.15, 0.2) is 0 Å². The van der Waals surface area contributed by atoms with Gasteiger partial charge in [0.1, 0.15) is 0 Å². The van der Waals surface area contributed by atoms with Crippen LogP contribution in [0.2, 0.25) is 0 Å². The van der Waals surface area contributed by atoms with Gasteiger partial charge in [-0.2, -0.15) is 0 Å². The van der Waals surface area contributed by atoms with Crippen LogP contribution in [0.25, 0.3) is 10.8 Å². The molecule has 0 radical (unpaired) electrons. The van der Waals surface area contributed by atoms with Crippen LogP contribution in [0.15, 0.2) is 36.4 Å². The quantitative estimate of drug-likeness (QED) is 0.752. The Balaban J connectivity index is 2.38. The summed E-state index contributed by atoms with van der Waals surface area (Å²) >= 11 is 0. The number of carbonyl (C=O) groups is 2. The molecule has 5 heteroatoms. The van der Waals surface area contributed by atoms with Crippen molar-refractivity contribution >= 4 is 22.6 Å². The zero-order valence-electron chi connectivity index (χ0n) is 10.2. The van der Waals surface area contributed by atoms with E-state index >= 15 is 0 Å². The summed E-state index contributed by atoms with van der Waals surface area (Å²) in [7, 11) is 0. The second-order valence-corrected chi connectivity index (χ2v) is 4.12. The van der Waals surface area contributed by atoms with Crippen molar-refractivity contribution in [3.05, 3.63) is 47.5 Å². The van der Waals surface area contributed by atoms with Crippen molar-refractivity contribution in [3.63, 3.8) is 0 Å². The standard InChI is InChI=1S/C14H14N2O3/c15-13(18)10-3-1-9-2-4-11(8-12(9)7-10)14(19)16-5-6-17/h1-4,7-8,17H,5-6H2,(H2,15,18)(H,16,19). The van der Waals surface area contributed by atoms with E-state index in [9.17, 15) is 9.59 Å². The summed E-state index contributed by atoms with van der Waals surface area (Å²) in [5, 5.41) is 12.9. The average Bonchev–Trinajstić information content (AvgIpc) is 2.43. The number of rotatable bonds is 4. The topological polar surface area (TPSA) is 92.4 Å². The molecule has 0 saturated heterocycles. The highest BCUT2D eigenvalue weighted by atomic mass is 16.3. The van der Waals surface area contributed by atoms with Gasteiger partial charge >= 0.3 is 0 Å². The molecule has 0 aromatic heterocycles. The number of hydrogen-bond donors (Lipinski definition) is 3. The van der Waals surface area contributed by atoms with Crippen LogP contribution in [-0.4, -0.2) is 30.1 Å². The number of benzene rings is 2. The Morgan fingerprint density at radius 3 is 2.32 bits per heavy atom. The molecule has 0 saturated carbocycles. The van der Waals surface area contributed by atoms with Crippen LogP contribution in [0, 0.1) is 0 Å². The maximum Gasteiger partial charge on any atom is 0.251 e. The van der Waals surface area contributed by atoms with E-state index in [-0.39, 0.29) is 19.1 Å². The molecule has 0 unspecified atom stereocenters. The number of carbonyl (C=O) groups excluding carboxylic acids is 2. The highest BCUT2D eigenvalue weighted by Crippen LogP contribution is 2.18. The molecule has 0 bridgehead atoms. The van der Waals surface area contributed by atoms with Gasteiger partial charge in [-0.15, -0.1) is 0 Å². The van der Waals surface area contributed by atoms with Gasteiger partial charge in [0, 0.05) is 17.7 Å². The minimum Gasteiger partial charge on any atom is -0.395 e. The fraction of sp³-hybridized carbons (Fsp3) is 0.143. The number of aliphatic hydroxyl groups excluding tert-OH is 1. The Bertz CT molecular complexity index is 638. The van der Waals surface area contributed by atoms with Crippen molar-refractivity contribution < 1.29 is 14.7 Å². The van der Waals surface area contributed by atoms with Crippen molar-refractivity contribution in [2.24, 2.45) is 5.73 Å². The van der Waals surface area contributed by atoms with E-state index < -0.39 is 5.91 Å². The second-order valence-electron chi connectivity index (χ2n) is 4.12. The van der Waals surface area contributed by atoms with Gasteiger partial charge in [0.05, 0.1) is 6.61 Å². The van der Waals surface area contributed by atoms with E-state index in [0.29, 0.717) is 11.1 Å². The summed E-state index contributed by atoms with van der Waals surface area (Å²) in [5.41, 5.74) is 6.10. The minimum atomic E-state index is -0.503. The molecule has 19 heavy (non-hydrogen) atoms. The minimum absolute atomic E-state index is 0.106. The van der Waals surface area contributed by atoms with E-state index in [1.165, 1.54) is 0 Å².